The summed E-state index contributed by atoms with van der Waals surface area (Å²) in [5.74, 6) is 0.804. The van der Waals surface area contributed by atoms with Gasteiger partial charge in [0.2, 0.25) is 0 Å². The van der Waals surface area contributed by atoms with E-state index in [-0.39, 0.29) is 0 Å². The Bertz CT molecular complexity index is 331. The molecule has 1 aliphatic rings. The molecule has 5 heteroatoms. The van der Waals surface area contributed by atoms with Gasteiger partial charge in [-0.3, -0.25) is 0 Å². The highest BCUT2D eigenvalue weighted by molar-refractivity contribution is 5.03. The first-order chi connectivity index (χ1) is 8.29. The molecular weight excluding hydrogens is 216 g/mol. The van der Waals surface area contributed by atoms with E-state index in [1.54, 1.807) is 0 Å². The predicted octanol–water partition coefficient (Wildman–Crippen LogP) is 1.20. The van der Waals surface area contributed by atoms with Crippen molar-refractivity contribution >= 4 is 0 Å². The third-order valence-electron chi connectivity index (χ3n) is 3.63. The first kappa shape index (κ1) is 12.5. The van der Waals surface area contributed by atoms with Crippen molar-refractivity contribution in [1.82, 2.24) is 20.5 Å². The fourth-order valence-corrected chi connectivity index (χ4v) is 2.31. The van der Waals surface area contributed by atoms with E-state index < -0.39 is 0 Å². The number of rotatable bonds is 5. The zero-order valence-corrected chi connectivity index (χ0v) is 10.8. The highest BCUT2D eigenvalue weighted by Crippen LogP contribution is 2.15. The van der Waals surface area contributed by atoms with Crippen molar-refractivity contribution in [2.75, 3.05) is 26.2 Å². The summed E-state index contributed by atoms with van der Waals surface area (Å²) in [7, 11) is 0. The van der Waals surface area contributed by atoms with Gasteiger partial charge in [-0.2, -0.15) is 0 Å². The van der Waals surface area contributed by atoms with Gasteiger partial charge in [-0.15, -0.1) is 0 Å². The summed E-state index contributed by atoms with van der Waals surface area (Å²) in [4.78, 5) is 2.52. The maximum atomic E-state index is 4.67. The van der Waals surface area contributed by atoms with Gasteiger partial charge in [0.15, 0.2) is 0 Å². The molecule has 0 saturated carbocycles. The highest BCUT2D eigenvalue weighted by Gasteiger charge is 2.17. The third-order valence-corrected chi connectivity index (χ3v) is 3.63. The van der Waals surface area contributed by atoms with Gasteiger partial charge in [-0.1, -0.05) is 17.2 Å². The summed E-state index contributed by atoms with van der Waals surface area (Å²) in [6.45, 7) is 9.67. The lowest BCUT2D eigenvalue weighted by atomic mass is 9.97. The van der Waals surface area contributed by atoms with Gasteiger partial charge < -0.3 is 10.2 Å². The molecule has 2 rings (SSSR count). The van der Waals surface area contributed by atoms with Gasteiger partial charge in [0.25, 0.3) is 0 Å². The number of hydrogen-bond acceptors (Lipinski definition) is 5. The van der Waals surface area contributed by atoms with Crippen molar-refractivity contribution in [2.24, 2.45) is 5.92 Å². The quantitative estimate of drug-likeness (QED) is 0.835. The van der Waals surface area contributed by atoms with Crippen LogP contribution in [0, 0.1) is 12.8 Å². The van der Waals surface area contributed by atoms with Crippen LogP contribution in [0.25, 0.3) is 0 Å². The monoisotopic (exact) mass is 238 g/mol. The minimum Gasteiger partial charge on any atom is -0.311 e. The number of nitrogens with zero attached hydrogens (tertiary/aromatic N) is 3. The fourth-order valence-electron chi connectivity index (χ4n) is 2.31. The molecule has 0 aromatic carbocycles. The third kappa shape index (κ3) is 3.51. The van der Waals surface area contributed by atoms with Crippen LogP contribution >= 0.6 is 0 Å². The predicted molar refractivity (Wildman–Crippen MR) is 65.6 cm³/mol. The first-order valence-electron chi connectivity index (χ1n) is 6.50. The molecule has 1 fully saturated rings. The molecule has 0 unspecified atom stereocenters. The molecule has 0 atom stereocenters. The highest BCUT2D eigenvalue weighted by atomic mass is 16.6. The summed E-state index contributed by atoms with van der Waals surface area (Å²) in [5.41, 5.74) is 1.81. The van der Waals surface area contributed by atoms with Crippen molar-refractivity contribution < 1.29 is 4.63 Å². The van der Waals surface area contributed by atoms with Crippen molar-refractivity contribution in [3.8, 4) is 0 Å². The zero-order valence-electron chi connectivity index (χ0n) is 10.8. The van der Waals surface area contributed by atoms with Crippen LogP contribution in [-0.2, 0) is 6.54 Å². The second-order valence-corrected chi connectivity index (χ2v) is 4.80. The average Bonchev–Trinajstić information content (AvgIpc) is 2.76. The Morgan fingerprint density at radius 2 is 2.12 bits per heavy atom. The molecule has 1 aliphatic heterocycles. The van der Waals surface area contributed by atoms with Gasteiger partial charge in [0, 0.05) is 6.54 Å². The molecule has 0 spiro atoms. The van der Waals surface area contributed by atoms with Crippen LogP contribution in [0.1, 0.15) is 31.2 Å². The topological polar surface area (TPSA) is 54.2 Å². The van der Waals surface area contributed by atoms with Gasteiger partial charge >= 0.3 is 0 Å². The van der Waals surface area contributed by atoms with E-state index in [0.29, 0.717) is 0 Å². The number of aromatic nitrogens is 2. The first-order valence-corrected chi connectivity index (χ1v) is 6.50. The molecule has 1 aromatic rings. The molecular formula is C12H22N4O. The van der Waals surface area contributed by atoms with Crippen LogP contribution in [0.3, 0.4) is 0 Å². The molecule has 0 bridgehead atoms. The van der Waals surface area contributed by atoms with Gasteiger partial charge in [0.05, 0.1) is 0 Å². The molecule has 96 valence electrons. The largest absolute Gasteiger partial charge is 0.311 e. The summed E-state index contributed by atoms with van der Waals surface area (Å²) < 4.78 is 4.67. The molecule has 1 N–H and O–H groups in total. The average molecular weight is 238 g/mol. The SMILES string of the molecule is CCN1CCC(CNCc2nonc2C)CC1. The molecule has 1 aromatic heterocycles. The number of likely N-dealkylation sites (tertiary alicyclic amines) is 1. The van der Waals surface area contributed by atoms with Gasteiger partial charge in [0.1, 0.15) is 11.4 Å². The van der Waals surface area contributed by atoms with Crippen LogP contribution in [0.15, 0.2) is 4.63 Å². The molecule has 0 aliphatic carbocycles. The van der Waals surface area contributed by atoms with E-state index in [1.165, 1.54) is 32.5 Å². The van der Waals surface area contributed by atoms with E-state index in [0.717, 1.165) is 30.4 Å². The summed E-state index contributed by atoms with van der Waals surface area (Å²) in [5, 5.41) is 11.1. The molecule has 1 saturated heterocycles. The maximum absolute atomic E-state index is 4.67. The van der Waals surface area contributed by atoms with E-state index in [9.17, 15) is 0 Å². The van der Waals surface area contributed by atoms with E-state index in [2.05, 4.69) is 32.1 Å². The zero-order chi connectivity index (χ0) is 12.1. The minimum absolute atomic E-state index is 0.767. The Morgan fingerprint density at radius 3 is 2.71 bits per heavy atom. The fraction of sp³-hybridized carbons (Fsp3) is 0.833. The lowest BCUT2D eigenvalue weighted by molar-refractivity contribution is 0.190. The Hall–Kier alpha value is -0.940. The van der Waals surface area contributed by atoms with Gasteiger partial charge in [-0.25, -0.2) is 4.63 Å². The van der Waals surface area contributed by atoms with Crippen LogP contribution < -0.4 is 5.32 Å². The van der Waals surface area contributed by atoms with Crippen LogP contribution in [0.5, 0.6) is 0 Å². The summed E-state index contributed by atoms with van der Waals surface area (Å²) in [6.07, 6.45) is 2.60. The second kappa shape index (κ2) is 6.12. The summed E-state index contributed by atoms with van der Waals surface area (Å²) in [6, 6.07) is 0. The molecule has 0 amide bonds. The van der Waals surface area contributed by atoms with Crippen LogP contribution in [0.2, 0.25) is 0 Å². The van der Waals surface area contributed by atoms with Crippen molar-refractivity contribution in [1.29, 1.82) is 0 Å². The Kier molecular flexibility index (Phi) is 4.50. The normalized spacial score (nSPS) is 18.7. The van der Waals surface area contributed by atoms with E-state index in [4.69, 9.17) is 0 Å². The van der Waals surface area contributed by atoms with Crippen LogP contribution in [-0.4, -0.2) is 41.4 Å². The van der Waals surface area contributed by atoms with Crippen molar-refractivity contribution in [3.05, 3.63) is 11.4 Å². The van der Waals surface area contributed by atoms with Gasteiger partial charge in [-0.05, 0) is 51.9 Å². The molecule has 5 nitrogen and oxygen atoms in total. The number of nitrogens with one attached hydrogen (secondary N) is 1. The minimum atomic E-state index is 0.767. The number of piperidine rings is 1. The lowest BCUT2D eigenvalue weighted by Gasteiger charge is -2.31. The standard InChI is InChI=1S/C12H22N4O/c1-3-16-6-4-11(5-7-16)8-13-9-12-10(2)14-17-15-12/h11,13H,3-9H2,1-2H3. The molecule has 0 radical (unpaired) electrons. The van der Waals surface area contributed by atoms with Crippen LogP contribution in [0.4, 0.5) is 0 Å². The van der Waals surface area contributed by atoms with Crippen molar-refractivity contribution in [2.45, 2.75) is 33.2 Å². The molecule has 2 heterocycles. The van der Waals surface area contributed by atoms with Crippen molar-refractivity contribution in [3.63, 3.8) is 0 Å². The summed E-state index contributed by atoms with van der Waals surface area (Å²) >= 11 is 0. The Balaban J connectivity index is 1.65. The Morgan fingerprint density at radius 1 is 1.35 bits per heavy atom. The number of aryl methyl sites for hydroxylation is 1. The van der Waals surface area contributed by atoms with E-state index >= 15 is 0 Å². The second-order valence-electron chi connectivity index (χ2n) is 4.80. The lowest BCUT2D eigenvalue weighted by Crippen LogP contribution is -2.37. The number of hydrogen-bond donors (Lipinski definition) is 1. The molecule has 17 heavy (non-hydrogen) atoms. The smallest absolute Gasteiger partial charge is 0.121 e. The van der Waals surface area contributed by atoms with E-state index in [1.807, 2.05) is 6.92 Å². The Labute approximate surface area is 103 Å². The maximum Gasteiger partial charge on any atom is 0.121 e.